The standard InChI is InChI=1S/C11H14F3NO2/c12-11(13,14)10(16)6-15-8-2-1-3-9-7(8)4-5-17-9/h4-5,8,10,15-16H,1-3,6H2. The van der Waals surface area contributed by atoms with Gasteiger partial charge in [-0.3, -0.25) is 0 Å². The summed E-state index contributed by atoms with van der Waals surface area (Å²) in [5, 5.41) is 11.6. The van der Waals surface area contributed by atoms with E-state index >= 15 is 0 Å². The number of aliphatic hydroxyl groups excluding tert-OH is 1. The van der Waals surface area contributed by atoms with Crippen LogP contribution in [0.25, 0.3) is 0 Å². The first-order valence-corrected chi connectivity index (χ1v) is 5.53. The van der Waals surface area contributed by atoms with Gasteiger partial charge in [0, 0.05) is 24.6 Å². The first-order chi connectivity index (χ1) is 7.98. The zero-order valence-electron chi connectivity index (χ0n) is 9.13. The van der Waals surface area contributed by atoms with Crippen molar-refractivity contribution < 1.29 is 22.7 Å². The molecule has 0 aliphatic heterocycles. The summed E-state index contributed by atoms with van der Waals surface area (Å²) >= 11 is 0. The molecule has 2 unspecified atom stereocenters. The van der Waals surface area contributed by atoms with Crippen molar-refractivity contribution in [2.75, 3.05) is 6.54 Å². The molecule has 1 aliphatic carbocycles. The first-order valence-electron chi connectivity index (χ1n) is 5.53. The topological polar surface area (TPSA) is 45.4 Å². The highest BCUT2D eigenvalue weighted by Gasteiger charge is 2.38. The minimum Gasteiger partial charge on any atom is -0.469 e. The van der Waals surface area contributed by atoms with Crippen LogP contribution in [-0.2, 0) is 6.42 Å². The van der Waals surface area contributed by atoms with Gasteiger partial charge in [-0.15, -0.1) is 0 Å². The third-order valence-corrected chi connectivity index (χ3v) is 2.99. The number of aryl methyl sites for hydroxylation is 1. The SMILES string of the molecule is OC(CNC1CCCc2occc21)C(F)(F)F. The fourth-order valence-electron chi connectivity index (χ4n) is 2.07. The van der Waals surface area contributed by atoms with Crippen LogP contribution >= 0.6 is 0 Å². The van der Waals surface area contributed by atoms with E-state index in [0.29, 0.717) is 0 Å². The summed E-state index contributed by atoms with van der Waals surface area (Å²) in [5.41, 5.74) is 0.908. The van der Waals surface area contributed by atoms with Crippen LogP contribution < -0.4 is 5.32 Å². The van der Waals surface area contributed by atoms with E-state index < -0.39 is 18.8 Å². The lowest BCUT2D eigenvalue weighted by molar-refractivity contribution is -0.202. The summed E-state index contributed by atoms with van der Waals surface area (Å²) in [6, 6.07) is 1.61. The fourth-order valence-corrected chi connectivity index (χ4v) is 2.07. The molecule has 6 heteroatoms. The van der Waals surface area contributed by atoms with Crippen molar-refractivity contribution in [2.24, 2.45) is 0 Å². The summed E-state index contributed by atoms with van der Waals surface area (Å²) in [6.45, 7) is -0.487. The molecule has 0 fully saturated rings. The molecular weight excluding hydrogens is 235 g/mol. The van der Waals surface area contributed by atoms with Gasteiger partial charge in [0.15, 0.2) is 6.10 Å². The molecule has 0 saturated heterocycles. The zero-order chi connectivity index (χ0) is 12.5. The molecule has 0 radical (unpaired) electrons. The fraction of sp³-hybridized carbons (Fsp3) is 0.636. The van der Waals surface area contributed by atoms with Gasteiger partial charge in [0.1, 0.15) is 5.76 Å². The Hall–Kier alpha value is -1.01. The Morgan fingerprint density at radius 3 is 3.00 bits per heavy atom. The first kappa shape index (κ1) is 12.4. The van der Waals surface area contributed by atoms with Gasteiger partial charge < -0.3 is 14.8 Å². The van der Waals surface area contributed by atoms with Gasteiger partial charge >= 0.3 is 6.18 Å². The molecule has 0 saturated carbocycles. The van der Waals surface area contributed by atoms with Crippen LogP contribution in [0.15, 0.2) is 16.7 Å². The molecule has 0 bridgehead atoms. The van der Waals surface area contributed by atoms with Gasteiger partial charge in [-0.1, -0.05) is 0 Å². The van der Waals surface area contributed by atoms with Crippen LogP contribution in [0.1, 0.15) is 30.2 Å². The van der Waals surface area contributed by atoms with Crippen molar-refractivity contribution in [3.8, 4) is 0 Å². The van der Waals surface area contributed by atoms with Crippen LogP contribution in [0, 0.1) is 0 Å². The van der Waals surface area contributed by atoms with E-state index in [0.717, 1.165) is 30.6 Å². The lowest BCUT2D eigenvalue weighted by Crippen LogP contribution is -2.40. The highest BCUT2D eigenvalue weighted by molar-refractivity contribution is 5.24. The van der Waals surface area contributed by atoms with Crippen LogP contribution in [-0.4, -0.2) is 23.9 Å². The number of rotatable bonds is 3. The van der Waals surface area contributed by atoms with Crippen molar-refractivity contribution in [3.05, 3.63) is 23.7 Å². The summed E-state index contributed by atoms with van der Waals surface area (Å²) in [7, 11) is 0. The number of alkyl halides is 3. The summed E-state index contributed by atoms with van der Waals surface area (Å²) in [4.78, 5) is 0. The van der Waals surface area contributed by atoms with Gasteiger partial charge in [-0.05, 0) is 18.9 Å². The normalized spacial score (nSPS) is 22.2. The minimum atomic E-state index is -4.57. The highest BCUT2D eigenvalue weighted by Crippen LogP contribution is 2.30. The molecule has 1 aromatic heterocycles. The maximum atomic E-state index is 12.1. The quantitative estimate of drug-likeness (QED) is 0.863. The average Bonchev–Trinajstić information content (AvgIpc) is 2.72. The largest absolute Gasteiger partial charge is 0.469 e. The number of furan rings is 1. The number of aliphatic hydroxyl groups is 1. The maximum absolute atomic E-state index is 12.1. The molecule has 0 aromatic carbocycles. The molecule has 2 rings (SSSR count). The molecular formula is C11H14F3NO2. The van der Waals surface area contributed by atoms with Crippen LogP contribution in [0.5, 0.6) is 0 Å². The van der Waals surface area contributed by atoms with Crippen molar-refractivity contribution in [2.45, 2.75) is 37.6 Å². The zero-order valence-corrected chi connectivity index (χ0v) is 9.13. The Morgan fingerprint density at radius 2 is 2.29 bits per heavy atom. The number of fused-ring (bicyclic) bond motifs is 1. The Morgan fingerprint density at radius 1 is 1.53 bits per heavy atom. The Bertz CT molecular complexity index is 375. The van der Waals surface area contributed by atoms with Gasteiger partial charge in [0.2, 0.25) is 0 Å². The summed E-state index contributed by atoms with van der Waals surface area (Å²) in [5.74, 6) is 0.829. The summed E-state index contributed by atoms with van der Waals surface area (Å²) in [6.07, 6.45) is -2.88. The molecule has 2 atom stereocenters. The van der Waals surface area contributed by atoms with Gasteiger partial charge in [0.25, 0.3) is 0 Å². The van der Waals surface area contributed by atoms with E-state index in [-0.39, 0.29) is 6.04 Å². The van der Waals surface area contributed by atoms with E-state index in [2.05, 4.69) is 5.32 Å². The minimum absolute atomic E-state index is 0.158. The molecule has 2 N–H and O–H groups in total. The van der Waals surface area contributed by atoms with E-state index in [1.54, 1.807) is 12.3 Å². The molecule has 1 heterocycles. The van der Waals surface area contributed by atoms with Crippen molar-refractivity contribution in [1.82, 2.24) is 5.32 Å². The molecule has 0 spiro atoms. The molecule has 3 nitrogen and oxygen atoms in total. The van der Waals surface area contributed by atoms with Gasteiger partial charge in [-0.25, -0.2) is 0 Å². The second-order valence-electron chi connectivity index (χ2n) is 4.21. The van der Waals surface area contributed by atoms with E-state index in [1.165, 1.54) is 0 Å². The molecule has 1 aliphatic rings. The number of hydrogen-bond donors (Lipinski definition) is 2. The Labute approximate surface area is 96.6 Å². The molecule has 96 valence electrons. The number of nitrogens with one attached hydrogen (secondary N) is 1. The highest BCUT2D eigenvalue weighted by atomic mass is 19.4. The summed E-state index contributed by atoms with van der Waals surface area (Å²) < 4.78 is 41.6. The van der Waals surface area contributed by atoms with Crippen LogP contribution in [0.2, 0.25) is 0 Å². The Balaban J connectivity index is 1.94. The number of halogens is 3. The van der Waals surface area contributed by atoms with Crippen LogP contribution in [0.3, 0.4) is 0 Å². The molecule has 17 heavy (non-hydrogen) atoms. The molecule has 0 amide bonds. The smallest absolute Gasteiger partial charge is 0.415 e. The van der Waals surface area contributed by atoms with Crippen LogP contribution in [0.4, 0.5) is 13.2 Å². The second kappa shape index (κ2) is 4.70. The number of hydrogen-bond acceptors (Lipinski definition) is 3. The molecule has 1 aromatic rings. The Kier molecular flexibility index (Phi) is 3.44. The van der Waals surface area contributed by atoms with Crippen molar-refractivity contribution in [1.29, 1.82) is 0 Å². The predicted molar refractivity (Wildman–Crippen MR) is 54.5 cm³/mol. The maximum Gasteiger partial charge on any atom is 0.415 e. The lowest BCUT2D eigenvalue weighted by Gasteiger charge is -2.24. The van der Waals surface area contributed by atoms with Crippen molar-refractivity contribution in [3.63, 3.8) is 0 Å². The third kappa shape index (κ3) is 2.81. The van der Waals surface area contributed by atoms with E-state index in [1.807, 2.05) is 0 Å². The third-order valence-electron chi connectivity index (χ3n) is 2.99. The average molecular weight is 249 g/mol. The van der Waals surface area contributed by atoms with Gasteiger partial charge in [-0.2, -0.15) is 13.2 Å². The van der Waals surface area contributed by atoms with E-state index in [9.17, 15) is 13.2 Å². The predicted octanol–water partition coefficient (Wildman–Crippen LogP) is 2.17. The van der Waals surface area contributed by atoms with E-state index in [4.69, 9.17) is 9.52 Å². The second-order valence-corrected chi connectivity index (χ2v) is 4.21. The monoisotopic (exact) mass is 249 g/mol. The lowest BCUT2D eigenvalue weighted by atomic mass is 9.93. The van der Waals surface area contributed by atoms with Gasteiger partial charge in [0.05, 0.1) is 6.26 Å². The van der Waals surface area contributed by atoms with Crippen molar-refractivity contribution >= 4 is 0 Å².